The number of carboxylic acids is 1. The van der Waals surface area contributed by atoms with Crippen molar-refractivity contribution in [1.29, 1.82) is 0 Å². The van der Waals surface area contributed by atoms with E-state index in [0.29, 0.717) is 18.6 Å². The number of hydrogen-bond donors (Lipinski definition) is 1. The molecule has 0 bridgehead atoms. The van der Waals surface area contributed by atoms with Crippen LogP contribution in [0.1, 0.15) is 6.42 Å². The van der Waals surface area contributed by atoms with Crippen LogP contribution in [0.2, 0.25) is 0 Å². The van der Waals surface area contributed by atoms with Gasteiger partial charge in [0.15, 0.2) is 0 Å². The molecule has 0 aromatic heterocycles. The van der Waals surface area contributed by atoms with E-state index in [1.807, 2.05) is 6.26 Å². The van der Waals surface area contributed by atoms with E-state index < -0.39 is 12.0 Å². The molecule has 0 heterocycles. The van der Waals surface area contributed by atoms with Crippen LogP contribution in [-0.2, 0) is 9.59 Å². The Labute approximate surface area is 97.8 Å². The van der Waals surface area contributed by atoms with Gasteiger partial charge in [-0.2, -0.15) is 11.8 Å². The molecule has 0 spiro atoms. The number of carboxylic acid groups (broad SMARTS) is 1. The zero-order valence-electron chi connectivity index (χ0n) is 7.20. The third kappa shape index (κ3) is 6.97. The molecule has 0 rings (SSSR count). The van der Waals surface area contributed by atoms with E-state index in [1.54, 1.807) is 0 Å². The van der Waals surface area contributed by atoms with Crippen LogP contribution in [0.4, 0.5) is 0 Å². The molecule has 1 unspecified atom stereocenters. The molecular weight excluding hydrogens is 189 g/mol. The van der Waals surface area contributed by atoms with Crippen LogP contribution in [0, 0.1) is 0 Å². The van der Waals surface area contributed by atoms with E-state index in [9.17, 15) is 14.7 Å². The summed E-state index contributed by atoms with van der Waals surface area (Å²) < 4.78 is 0. The smallest absolute Gasteiger partial charge is 0.548 e. The van der Waals surface area contributed by atoms with Gasteiger partial charge in [0.1, 0.15) is 0 Å². The predicted octanol–water partition coefficient (Wildman–Crippen LogP) is -4.39. The zero-order chi connectivity index (χ0) is 8.69. The van der Waals surface area contributed by atoms with Crippen LogP contribution in [-0.4, -0.2) is 30.4 Å². The summed E-state index contributed by atoms with van der Waals surface area (Å²) in [4.78, 5) is 20.1. The van der Waals surface area contributed by atoms with Gasteiger partial charge in [0.2, 0.25) is 6.41 Å². The van der Waals surface area contributed by atoms with Crippen LogP contribution in [0.5, 0.6) is 0 Å². The zero-order valence-corrected chi connectivity index (χ0v) is 10.0. The van der Waals surface area contributed by atoms with E-state index in [2.05, 4.69) is 5.32 Å². The van der Waals surface area contributed by atoms with Crippen molar-refractivity contribution in [3.05, 3.63) is 0 Å². The van der Waals surface area contributed by atoms with Crippen LogP contribution >= 0.6 is 11.8 Å². The fourth-order valence-corrected chi connectivity index (χ4v) is 1.06. The minimum atomic E-state index is -1.23. The van der Waals surface area contributed by atoms with Gasteiger partial charge in [0.25, 0.3) is 0 Å². The van der Waals surface area contributed by atoms with Gasteiger partial charge in [-0.05, 0) is 18.4 Å². The first kappa shape index (κ1) is 14.8. The van der Waals surface area contributed by atoms with Crippen LogP contribution in [0.25, 0.3) is 0 Å². The van der Waals surface area contributed by atoms with Crippen molar-refractivity contribution >= 4 is 24.1 Å². The first-order chi connectivity index (χ1) is 5.22. The minimum absolute atomic E-state index is 0. The average Bonchev–Trinajstić information content (AvgIpc) is 1.97. The summed E-state index contributed by atoms with van der Waals surface area (Å²) in [5, 5.41) is 12.4. The summed E-state index contributed by atoms with van der Waals surface area (Å²) in [6.45, 7) is 0. The number of nitrogens with one attached hydrogen (secondary N) is 1. The van der Waals surface area contributed by atoms with Gasteiger partial charge in [-0.1, -0.05) is 0 Å². The second kappa shape index (κ2) is 9.38. The molecule has 1 N–H and O–H groups in total. The van der Waals surface area contributed by atoms with Gasteiger partial charge in [-0.25, -0.2) is 0 Å². The van der Waals surface area contributed by atoms with E-state index >= 15 is 0 Å². The van der Waals surface area contributed by atoms with E-state index in [-0.39, 0.29) is 29.6 Å². The molecule has 4 nitrogen and oxygen atoms in total. The summed E-state index contributed by atoms with van der Waals surface area (Å²) in [7, 11) is 0. The fraction of sp³-hybridized carbons (Fsp3) is 0.667. The van der Waals surface area contributed by atoms with Crippen LogP contribution < -0.4 is 40.0 Å². The molecule has 0 fully saturated rings. The van der Waals surface area contributed by atoms with Crippen molar-refractivity contribution in [2.24, 2.45) is 0 Å². The summed E-state index contributed by atoms with van der Waals surface area (Å²) in [6, 6.07) is -0.847. The second-order valence-corrected chi connectivity index (χ2v) is 2.92. The normalized spacial score (nSPS) is 11.1. The Bertz CT molecular complexity index is 145. The summed E-state index contributed by atoms with van der Waals surface area (Å²) in [6.07, 6.45) is 2.65. The van der Waals surface area contributed by atoms with Crippen LogP contribution in [0.15, 0.2) is 0 Å². The Morgan fingerprint density at radius 3 is 2.67 bits per heavy atom. The van der Waals surface area contributed by atoms with Gasteiger partial charge >= 0.3 is 29.6 Å². The topological polar surface area (TPSA) is 69.2 Å². The molecular formula is C6H10NNaO3S. The number of amides is 1. The third-order valence-corrected chi connectivity index (χ3v) is 1.81. The Balaban J connectivity index is 0. The van der Waals surface area contributed by atoms with E-state index in [0.717, 1.165) is 0 Å². The number of hydrogen-bond acceptors (Lipinski definition) is 4. The Hall–Kier alpha value is 0.290. The molecule has 12 heavy (non-hydrogen) atoms. The van der Waals surface area contributed by atoms with Crippen molar-refractivity contribution in [3.8, 4) is 0 Å². The SMILES string of the molecule is CSCCC(NC=O)C(=O)[O-].[Na+]. The molecule has 1 amide bonds. The van der Waals surface area contributed by atoms with Gasteiger partial charge in [0, 0.05) is 0 Å². The first-order valence-electron chi connectivity index (χ1n) is 3.12. The van der Waals surface area contributed by atoms with Gasteiger partial charge in [-0.15, -0.1) is 0 Å². The molecule has 0 radical (unpaired) electrons. The van der Waals surface area contributed by atoms with Crippen molar-refractivity contribution < 1.29 is 44.3 Å². The molecule has 0 aromatic carbocycles. The molecule has 0 aliphatic carbocycles. The maximum Gasteiger partial charge on any atom is 1.00 e. The average molecular weight is 199 g/mol. The Morgan fingerprint density at radius 1 is 1.75 bits per heavy atom. The second-order valence-electron chi connectivity index (χ2n) is 1.94. The molecule has 0 aromatic rings. The summed E-state index contributed by atoms with van der Waals surface area (Å²) in [5.41, 5.74) is 0. The number of aliphatic carboxylic acids is 1. The summed E-state index contributed by atoms with van der Waals surface area (Å²) in [5.74, 6) is -0.536. The molecule has 6 heteroatoms. The summed E-state index contributed by atoms with van der Waals surface area (Å²) >= 11 is 1.53. The quantitative estimate of drug-likeness (QED) is 0.346. The first-order valence-corrected chi connectivity index (χ1v) is 4.51. The number of rotatable bonds is 6. The van der Waals surface area contributed by atoms with Gasteiger partial charge < -0.3 is 15.2 Å². The number of carbonyl (C=O) groups is 2. The van der Waals surface area contributed by atoms with Crippen molar-refractivity contribution in [2.75, 3.05) is 12.0 Å². The monoisotopic (exact) mass is 199 g/mol. The standard InChI is InChI=1S/C6H11NO3S.Na/c1-11-3-2-5(6(9)10)7-4-8;/h4-5H,2-3H2,1H3,(H,7,8)(H,9,10);/q;+1/p-1. The van der Waals surface area contributed by atoms with Gasteiger partial charge in [-0.3, -0.25) is 4.79 Å². The molecule has 0 aliphatic heterocycles. The fourth-order valence-electron chi connectivity index (χ4n) is 0.587. The molecule has 0 saturated carbocycles. The maximum absolute atomic E-state index is 10.3. The Kier molecular flexibility index (Phi) is 11.6. The number of thioether (sulfide) groups is 1. The van der Waals surface area contributed by atoms with Crippen LogP contribution in [0.3, 0.4) is 0 Å². The molecule has 64 valence electrons. The number of carbonyl (C=O) groups excluding carboxylic acids is 2. The van der Waals surface area contributed by atoms with E-state index in [4.69, 9.17) is 0 Å². The third-order valence-electron chi connectivity index (χ3n) is 1.16. The Morgan fingerprint density at radius 2 is 2.33 bits per heavy atom. The van der Waals surface area contributed by atoms with Crippen molar-refractivity contribution in [2.45, 2.75) is 12.5 Å². The molecule has 1 atom stereocenters. The largest absolute Gasteiger partial charge is 1.00 e. The predicted molar refractivity (Wildman–Crippen MR) is 41.0 cm³/mol. The maximum atomic E-state index is 10.3. The molecule has 0 saturated heterocycles. The van der Waals surface area contributed by atoms with Crippen molar-refractivity contribution in [3.63, 3.8) is 0 Å². The molecule has 0 aliphatic rings. The van der Waals surface area contributed by atoms with Crippen molar-refractivity contribution in [1.82, 2.24) is 5.32 Å². The van der Waals surface area contributed by atoms with E-state index in [1.165, 1.54) is 11.8 Å². The minimum Gasteiger partial charge on any atom is -0.548 e. The van der Waals surface area contributed by atoms with Gasteiger partial charge in [0.05, 0.1) is 12.0 Å².